The number of rotatable bonds is 1. The van der Waals surface area contributed by atoms with Gasteiger partial charge in [0.2, 0.25) is 0 Å². The number of fused-ring (bicyclic) bond motifs is 2. The third kappa shape index (κ3) is 2.22. The molecular weight excluding hydrogens is 280 g/mol. The van der Waals surface area contributed by atoms with E-state index < -0.39 is 11.9 Å². The molecule has 1 aromatic carbocycles. The van der Waals surface area contributed by atoms with E-state index >= 15 is 0 Å². The van der Waals surface area contributed by atoms with E-state index in [4.69, 9.17) is 0 Å². The second kappa shape index (κ2) is 5.75. The Morgan fingerprint density at radius 2 is 2.00 bits per heavy atom. The number of hydrogen-bond acceptors (Lipinski definition) is 3. The summed E-state index contributed by atoms with van der Waals surface area (Å²) in [5.74, 6) is -0.870. The number of piperidine rings is 1. The summed E-state index contributed by atoms with van der Waals surface area (Å²) >= 11 is 0. The predicted octanol–water partition coefficient (Wildman–Crippen LogP) is 2.13. The molecule has 0 radical (unpaired) electrons. The molecule has 0 spiro atoms. The van der Waals surface area contributed by atoms with Crippen LogP contribution >= 0.6 is 0 Å². The molecule has 3 amide bonds. The van der Waals surface area contributed by atoms with Crippen molar-refractivity contribution in [3.05, 3.63) is 42.0 Å². The van der Waals surface area contributed by atoms with Gasteiger partial charge in [-0.2, -0.15) is 0 Å². The maximum Gasteiger partial charge on any atom is 0.257 e. The van der Waals surface area contributed by atoms with Crippen LogP contribution in [0.4, 0.5) is 5.69 Å². The van der Waals surface area contributed by atoms with Crippen molar-refractivity contribution in [3.63, 3.8) is 0 Å². The van der Waals surface area contributed by atoms with Crippen LogP contribution in [-0.2, 0) is 9.59 Å². The molecule has 5 nitrogen and oxygen atoms in total. The predicted molar refractivity (Wildman–Crippen MR) is 82.4 cm³/mol. The van der Waals surface area contributed by atoms with Crippen molar-refractivity contribution in [2.24, 2.45) is 0 Å². The Hall–Kier alpha value is -2.43. The van der Waals surface area contributed by atoms with E-state index in [2.05, 4.69) is 0 Å². The molecule has 1 fully saturated rings. The van der Waals surface area contributed by atoms with Crippen molar-refractivity contribution >= 4 is 23.4 Å². The van der Waals surface area contributed by atoms with Crippen molar-refractivity contribution < 1.29 is 14.4 Å². The van der Waals surface area contributed by atoms with Gasteiger partial charge in [0.15, 0.2) is 0 Å². The van der Waals surface area contributed by atoms with Crippen molar-refractivity contribution in [1.82, 2.24) is 4.90 Å². The van der Waals surface area contributed by atoms with Crippen LogP contribution in [0.15, 0.2) is 36.4 Å². The quantitative estimate of drug-likeness (QED) is 0.746. The maximum absolute atomic E-state index is 12.9. The first-order valence-electron chi connectivity index (χ1n) is 7.55. The average molecular weight is 298 g/mol. The molecule has 1 aromatic rings. The highest BCUT2D eigenvalue weighted by molar-refractivity contribution is 6.24. The van der Waals surface area contributed by atoms with Crippen LogP contribution in [-0.4, -0.2) is 35.2 Å². The van der Waals surface area contributed by atoms with E-state index in [0.717, 1.165) is 17.7 Å². The smallest absolute Gasteiger partial charge is 0.257 e. The molecular formula is C17H18N2O3. The third-order valence-corrected chi connectivity index (χ3v) is 4.17. The molecule has 0 saturated carbocycles. The van der Waals surface area contributed by atoms with E-state index in [1.807, 2.05) is 0 Å². The second-order valence-corrected chi connectivity index (χ2v) is 5.54. The van der Waals surface area contributed by atoms with E-state index in [1.165, 1.54) is 6.08 Å². The molecule has 1 atom stereocenters. The summed E-state index contributed by atoms with van der Waals surface area (Å²) in [6.07, 6.45) is 5.35. The Bertz CT molecular complexity index is 666. The van der Waals surface area contributed by atoms with Gasteiger partial charge < -0.3 is 4.90 Å². The van der Waals surface area contributed by atoms with Crippen LogP contribution < -0.4 is 4.90 Å². The molecule has 0 N–H and O–H groups in total. The molecule has 0 aliphatic carbocycles. The van der Waals surface area contributed by atoms with Crippen LogP contribution in [0.2, 0.25) is 0 Å². The van der Waals surface area contributed by atoms with Crippen LogP contribution in [0.3, 0.4) is 0 Å². The highest BCUT2D eigenvalue weighted by atomic mass is 16.2. The van der Waals surface area contributed by atoms with Gasteiger partial charge in [0.05, 0.1) is 11.3 Å². The molecule has 0 aromatic heterocycles. The van der Waals surface area contributed by atoms with Crippen molar-refractivity contribution in [1.29, 1.82) is 0 Å². The number of amides is 3. The first kappa shape index (κ1) is 14.5. The second-order valence-electron chi connectivity index (χ2n) is 5.54. The first-order chi connectivity index (χ1) is 10.6. The van der Waals surface area contributed by atoms with Crippen LogP contribution in [0.5, 0.6) is 0 Å². The number of nitrogens with zero attached hydrogens (tertiary/aromatic N) is 2. The number of carbonyl (C=O) groups excluding carboxylic acids is 3. The number of para-hydroxylation sites is 1. The monoisotopic (exact) mass is 298 g/mol. The fourth-order valence-corrected chi connectivity index (χ4v) is 3.15. The number of carbonyl (C=O) groups is 3. The Labute approximate surface area is 129 Å². The van der Waals surface area contributed by atoms with Gasteiger partial charge in [-0.25, -0.2) is 4.90 Å². The third-order valence-electron chi connectivity index (χ3n) is 4.17. The SMILES string of the molecule is C/C=C/C(=O)N1C(=O)[C@H]2CCCCN2C(=O)c2ccccc21. The average Bonchev–Trinajstić information content (AvgIpc) is 2.63. The fraction of sp³-hybridized carbons (Fsp3) is 0.353. The summed E-state index contributed by atoms with van der Waals surface area (Å²) in [5.41, 5.74) is 0.799. The van der Waals surface area contributed by atoms with E-state index in [0.29, 0.717) is 24.2 Å². The summed E-state index contributed by atoms with van der Waals surface area (Å²) in [5, 5.41) is 0. The Balaban J connectivity index is 2.16. The summed E-state index contributed by atoms with van der Waals surface area (Å²) in [6, 6.07) is 6.29. The van der Waals surface area contributed by atoms with Gasteiger partial charge in [-0.15, -0.1) is 0 Å². The molecule has 1 saturated heterocycles. The van der Waals surface area contributed by atoms with Crippen molar-refractivity contribution in [2.75, 3.05) is 11.4 Å². The molecule has 114 valence electrons. The van der Waals surface area contributed by atoms with E-state index in [1.54, 1.807) is 42.2 Å². The van der Waals surface area contributed by atoms with Crippen LogP contribution in [0, 0.1) is 0 Å². The number of anilines is 1. The molecule has 22 heavy (non-hydrogen) atoms. The number of allylic oxidation sites excluding steroid dienone is 1. The van der Waals surface area contributed by atoms with E-state index in [9.17, 15) is 14.4 Å². The standard InChI is InChI=1S/C17H18N2O3/c1-2-7-15(20)19-13-9-4-3-8-12(13)16(21)18-11-6-5-10-14(18)17(19)22/h2-4,7-9,14H,5-6,10-11H2,1H3/b7-2+/t14-/m1/s1. The molecule has 5 heteroatoms. The van der Waals surface area contributed by atoms with Gasteiger partial charge in [-0.3, -0.25) is 14.4 Å². The lowest BCUT2D eigenvalue weighted by molar-refractivity contribution is -0.128. The molecule has 0 bridgehead atoms. The lowest BCUT2D eigenvalue weighted by Crippen LogP contribution is -2.51. The lowest BCUT2D eigenvalue weighted by Gasteiger charge is -2.33. The summed E-state index contributed by atoms with van der Waals surface area (Å²) in [4.78, 5) is 40.8. The zero-order chi connectivity index (χ0) is 15.7. The van der Waals surface area contributed by atoms with Gasteiger partial charge in [-0.05, 0) is 44.4 Å². The van der Waals surface area contributed by atoms with E-state index in [-0.39, 0.29) is 11.8 Å². The zero-order valence-corrected chi connectivity index (χ0v) is 12.5. The Morgan fingerprint density at radius 1 is 1.23 bits per heavy atom. The molecule has 2 aliphatic rings. The Morgan fingerprint density at radius 3 is 2.77 bits per heavy atom. The lowest BCUT2D eigenvalue weighted by atomic mass is 10.0. The normalized spacial score (nSPS) is 21.6. The molecule has 3 rings (SSSR count). The number of hydrogen-bond donors (Lipinski definition) is 0. The molecule has 2 aliphatic heterocycles. The van der Waals surface area contributed by atoms with Crippen molar-refractivity contribution in [3.8, 4) is 0 Å². The first-order valence-corrected chi connectivity index (χ1v) is 7.55. The summed E-state index contributed by atoms with van der Waals surface area (Å²) < 4.78 is 0. The zero-order valence-electron chi connectivity index (χ0n) is 12.5. The minimum atomic E-state index is -0.539. The van der Waals surface area contributed by atoms with Crippen LogP contribution in [0.1, 0.15) is 36.5 Å². The Kier molecular flexibility index (Phi) is 3.79. The minimum absolute atomic E-state index is 0.163. The summed E-state index contributed by atoms with van der Waals surface area (Å²) in [7, 11) is 0. The number of benzene rings is 1. The largest absolute Gasteiger partial charge is 0.327 e. The van der Waals surface area contributed by atoms with Gasteiger partial charge in [0.1, 0.15) is 6.04 Å². The highest BCUT2D eigenvalue weighted by Crippen LogP contribution is 2.31. The van der Waals surface area contributed by atoms with Crippen LogP contribution in [0.25, 0.3) is 0 Å². The topological polar surface area (TPSA) is 57.7 Å². The van der Waals surface area contributed by atoms with Gasteiger partial charge in [-0.1, -0.05) is 18.2 Å². The minimum Gasteiger partial charge on any atom is -0.327 e. The molecule has 0 unspecified atom stereocenters. The fourth-order valence-electron chi connectivity index (χ4n) is 3.15. The van der Waals surface area contributed by atoms with Gasteiger partial charge in [0.25, 0.3) is 17.7 Å². The molecule has 2 heterocycles. The van der Waals surface area contributed by atoms with Gasteiger partial charge >= 0.3 is 0 Å². The van der Waals surface area contributed by atoms with Crippen molar-refractivity contribution in [2.45, 2.75) is 32.2 Å². The summed E-state index contributed by atoms with van der Waals surface area (Å²) in [6.45, 7) is 2.29. The highest BCUT2D eigenvalue weighted by Gasteiger charge is 2.42. The number of imide groups is 1. The van der Waals surface area contributed by atoms with Gasteiger partial charge in [0, 0.05) is 6.54 Å². The maximum atomic E-state index is 12.9.